The quantitative estimate of drug-likeness (QED) is 0.859. The number of halogens is 2. The van der Waals surface area contributed by atoms with Crippen LogP contribution in [0.3, 0.4) is 0 Å². The third-order valence-corrected chi connectivity index (χ3v) is 4.60. The van der Waals surface area contributed by atoms with E-state index in [1.54, 1.807) is 6.07 Å². The standard InChI is InChI=1S/C16H22F2N2S/c1-10(2)11-4-3-8-20(9-7-11)13-6-5-12(16(19)21)14(17)15(13)18/h5-6,10-11H,3-4,7-9H2,1-2H3,(H2,19,21). The molecule has 21 heavy (non-hydrogen) atoms. The summed E-state index contributed by atoms with van der Waals surface area (Å²) >= 11 is 4.73. The lowest BCUT2D eigenvalue weighted by atomic mass is 9.89. The topological polar surface area (TPSA) is 29.3 Å². The van der Waals surface area contributed by atoms with Crippen LogP contribution >= 0.6 is 12.2 Å². The number of anilines is 1. The van der Waals surface area contributed by atoms with Crippen LogP contribution in [-0.2, 0) is 0 Å². The molecule has 1 saturated heterocycles. The van der Waals surface area contributed by atoms with Crippen LogP contribution in [0.5, 0.6) is 0 Å². The minimum absolute atomic E-state index is 0.0267. The monoisotopic (exact) mass is 312 g/mol. The first kappa shape index (κ1) is 16.1. The minimum atomic E-state index is -0.940. The van der Waals surface area contributed by atoms with Crippen LogP contribution in [-0.4, -0.2) is 18.1 Å². The van der Waals surface area contributed by atoms with Crippen molar-refractivity contribution in [2.45, 2.75) is 33.1 Å². The van der Waals surface area contributed by atoms with E-state index >= 15 is 0 Å². The fourth-order valence-electron chi connectivity index (χ4n) is 3.00. The van der Waals surface area contributed by atoms with Crippen LogP contribution in [0, 0.1) is 23.5 Å². The van der Waals surface area contributed by atoms with Crippen LogP contribution in [0.1, 0.15) is 38.7 Å². The van der Waals surface area contributed by atoms with Gasteiger partial charge in [0.15, 0.2) is 11.6 Å². The molecule has 2 rings (SSSR count). The maximum absolute atomic E-state index is 14.3. The first-order valence-corrected chi connectivity index (χ1v) is 7.85. The summed E-state index contributed by atoms with van der Waals surface area (Å²) in [7, 11) is 0. The van der Waals surface area contributed by atoms with Crippen molar-refractivity contribution in [1.82, 2.24) is 0 Å². The van der Waals surface area contributed by atoms with Gasteiger partial charge in [-0.1, -0.05) is 26.1 Å². The number of benzene rings is 1. The van der Waals surface area contributed by atoms with Gasteiger partial charge in [-0.05, 0) is 43.2 Å². The van der Waals surface area contributed by atoms with Gasteiger partial charge in [0.1, 0.15) is 4.99 Å². The Labute approximate surface area is 130 Å². The predicted octanol–water partition coefficient (Wildman–Crippen LogP) is 3.86. The largest absolute Gasteiger partial charge is 0.389 e. The Morgan fingerprint density at radius 2 is 1.95 bits per heavy atom. The summed E-state index contributed by atoms with van der Waals surface area (Å²) in [5.41, 5.74) is 5.69. The van der Waals surface area contributed by atoms with Crippen molar-refractivity contribution in [1.29, 1.82) is 0 Å². The Morgan fingerprint density at radius 1 is 1.24 bits per heavy atom. The molecule has 0 bridgehead atoms. The van der Waals surface area contributed by atoms with Gasteiger partial charge in [-0.2, -0.15) is 0 Å². The lowest BCUT2D eigenvalue weighted by Crippen LogP contribution is -2.26. The highest BCUT2D eigenvalue weighted by Gasteiger charge is 2.23. The Morgan fingerprint density at radius 3 is 2.57 bits per heavy atom. The van der Waals surface area contributed by atoms with E-state index in [1.165, 1.54) is 6.07 Å². The molecule has 2 nitrogen and oxygen atoms in total. The molecule has 0 aromatic heterocycles. The Balaban J connectivity index is 2.22. The summed E-state index contributed by atoms with van der Waals surface area (Å²) in [6.07, 6.45) is 3.15. The number of hydrogen-bond donors (Lipinski definition) is 1. The van der Waals surface area contributed by atoms with Crippen molar-refractivity contribution < 1.29 is 8.78 Å². The molecule has 116 valence electrons. The first-order chi connectivity index (χ1) is 9.91. The lowest BCUT2D eigenvalue weighted by molar-refractivity contribution is 0.351. The number of nitrogens with zero attached hydrogens (tertiary/aromatic N) is 1. The number of rotatable bonds is 3. The maximum Gasteiger partial charge on any atom is 0.182 e. The highest BCUT2D eigenvalue weighted by molar-refractivity contribution is 7.80. The molecule has 5 heteroatoms. The molecule has 1 atom stereocenters. The number of thiocarbonyl (C=S) groups is 1. The van der Waals surface area contributed by atoms with E-state index in [-0.39, 0.29) is 10.6 Å². The normalized spacial score (nSPS) is 19.7. The number of hydrogen-bond acceptors (Lipinski definition) is 2. The van der Waals surface area contributed by atoms with Crippen LogP contribution in [0.2, 0.25) is 0 Å². The summed E-state index contributed by atoms with van der Waals surface area (Å²) in [5, 5.41) is 0. The molecule has 1 aromatic rings. The Kier molecular flexibility index (Phi) is 5.14. The van der Waals surface area contributed by atoms with Crippen molar-refractivity contribution in [2.24, 2.45) is 17.6 Å². The zero-order valence-electron chi connectivity index (χ0n) is 12.5. The zero-order chi connectivity index (χ0) is 15.6. The van der Waals surface area contributed by atoms with Gasteiger partial charge in [0.25, 0.3) is 0 Å². The van der Waals surface area contributed by atoms with Gasteiger partial charge < -0.3 is 10.6 Å². The van der Waals surface area contributed by atoms with Crippen molar-refractivity contribution in [3.63, 3.8) is 0 Å². The molecule has 0 saturated carbocycles. The van der Waals surface area contributed by atoms with E-state index in [2.05, 4.69) is 13.8 Å². The number of nitrogens with two attached hydrogens (primary N) is 1. The Hall–Kier alpha value is -1.23. The van der Waals surface area contributed by atoms with Crippen molar-refractivity contribution in [3.05, 3.63) is 29.3 Å². The second-order valence-electron chi connectivity index (χ2n) is 6.05. The molecule has 1 fully saturated rings. The zero-order valence-corrected chi connectivity index (χ0v) is 13.4. The van der Waals surface area contributed by atoms with Crippen LogP contribution < -0.4 is 10.6 Å². The van der Waals surface area contributed by atoms with Gasteiger partial charge in [0.2, 0.25) is 0 Å². The third-order valence-electron chi connectivity index (χ3n) is 4.38. The van der Waals surface area contributed by atoms with Crippen molar-refractivity contribution in [2.75, 3.05) is 18.0 Å². The van der Waals surface area contributed by atoms with Gasteiger partial charge in [-0.25, -0.2) is 8.78 Å². The fraction of sp³-hybridized carbons (Fsp3) is 0.562. The summed E-state index contributed by atoms with van der Waals surface area (Å²) in [6.45, 7) is 5.95. The van der Waals surface area contributed by atoms with E-state index in [0.29, 0.717) is 17.5 Å². The molecule has 1 aromatic carbocycles. The summed E-state index contributed by atoms with van der Waals surface area (Å²) in [4.78, 5) is 1.82. The molecule has 1 unspecified atom stereocenters. The average Bonchev–Trinajstić information content (AvgIpc) is 2.67. The van der Waals surface area contributed by atoms with Crippen molar-refractivity contribution in [3.8, 4) is 0 Å². The van der Waals surface area contributed by atoms with E-state index in [9.17, 15) is 8.78 Å². The third kappa shape index (κ3) is 3.51. The molecular weight excluding hydrogens is 290 g/mol. The molecular formula is C16H22F2N2S. The molecule has 1 aliphatic rings. The molecule has 0 radical (unpaired) electrons. The highest BCUT2D eigenvalue weighted by atomic mass is 32.1. The second-order valence-corrected chi connectivity index (χ2v) is 6.49. The van der Waals surface area contributed by atoms with Gasteiger partial charge in [-0.3, -0.25) is 0 Å². The fourth-order valence-corrected chi connectivity index (χ4v) is 3.16. The minimum Gasteiger partial charge on any atom is -0.389 e. The molecule has 2 N–H and O–H groups in total. The smallest absolute Gasteiger partial charge is 0.182 e. The summed E-state index contributed by atoms with van der Waals surface area (Å²) in [5.74, 6) is -0.504. The summed E-state index contributed by atoms with van der Waals surface area (Å²) < 4.78 is 28.3. The summed E-state index contributed by atoms with van der Waals surface area (Å²) in [6, 6.07) is 3.06. The molecule has 1 aliphatic heterocycles. The van der Waals surface area contributed by atoms with Crippen molar-refractivity contribution >= 4 is 22.9 Å². The van der Waals surface area contributed by atoms with Gasteiger partial charge in [0.05, 0.1) is 5.69 Å². The van der Waals surface area contributed by atoms with Gasteiger partial charge >= 0.3 is 0 Å². The van der Waals surface area contributed by atoms with Gasteiger partial charge in [0, 0.05) is 18.7 Å². The maximum atomic E-state index is 14.3. The van der Waals surface area contributed by atoms with Crippen LogP contribution in [0.25, 0.3) is 0 Å². The SMILES string of the molecule is CC(C)C1CCCN(c2ccc(C(N)=S)c(F)c2F)CC1. The second kappa shape index (κ2) is 6.69. The highest BCUT2D eigenvalue weighted by Crippen LogP contribution is 2.30. The lowest BCUT2D eigenvalue weighted by Gasteiger charge is -2.24. The molecule has 1 heterocycles. The van der Waals surface area contributed by atoms with E-state index in [1.807, 2.05) is 4.90 Å². The first-order valence-electron chi connectivity index (χ1n) is 7.44. The van der Waals surface area contributed by atoms with Crippen LogP contribution in [0.4, 0.5) is 14.5 Å². The molecule has 0 aliphatic carbocycles. The molecule has 0 amide bonds. The van der Waals surface area contributed by atoms with E-state index in [0.717, 1.165) is 32.4 Å². The average molecular weight is 312 g/mol. The van der Waals surface area contributed by atoms with Gasteiger partial charge in [-0.15, -0.1) is 0 Å². The molecule has 0 spiro atoms. The van der Waals surface area contributed by atoms with Crippen LogP contribution in [0.15, 0.2) is 12.1 Å². The predicted molar refractivity (Wildman–Crippen MR) is 86.6 cm³/mol. The Bertz CT molecular complexity index is 531. The van der Waals surface area contributed by atoms with E-state index in [4.69, 9.17) is 18.0 Å². The van der Waals surface area contributed by atoms with E-state index < -0.39 is 11.6 Å².